The summed E-state index contributed by atoms with van der Waals surface area (Å²) >= 11 is 0. The summed E-state index contributed by atoms with van der Waals surface area (Å²) in [7, 11) is 1.84. The molecule has 0 atom stereocenters. The highest BCUT2D eigenvalue weighted by Gasteiger charge is 2.17. The van der Waals surface area contributed by atoms with Gasteiger partial charge in [0.15, 0.2) is 0 Å². The molecule has 1 amide bonds. The van der Waals surface area contributed by atoms with Gasteiger partial charge in [0.1, 0.15) is 0 Å². The molecule has 0 fully saturated rings. The van der Waals surface area contributed by atoms with Crippen molar-refractivity contribution in [3.63, 3.8) is 0 Å². The van der Waals surface area contributed by atoms with Crippen molar-refractivity contribution in [2.75, 3.05) is 18.9 Å². The summed E-state index contributed by atoms with van der Waals surface area (Å²) in [5.41, 5.74) is 1.63. The fraction of sp³-hybridized carbons (Fsp3) is 0.429. The highest BCUT2D eigenvalue weighted by molar-refractivity contribution is 5.94. The Labute approximate surface area is 108 Å². The number of amides is 1. The van der Waals surface area contributed by atoms with Crippen LogP contribution in [0.5, 0.6) is 0 Å². The number of nitrogens with one attached hydrogen (secondary N) is 1. The van der Waals surface area contributed by atoms with Gasteiger partial charge in [-0.15, -0.1) is 0 Å². The third-order valence-electron chi connectivity index (χ3n) is 2.77. The summed E-state index contributed by atoms with van der Waals surface area (Å²) in [5.74, 6) is -0.0251. The SMILES string of the molecule is CNc1ccc(C(=O)N(CCC#N)C(C)C)cc1. The highest BCUT2D eigenvalue weighted by atomic mass is 16.2. The van der Waals surface area contributed by atoms with Gasteiger partial charge in [-0.2, -0.15) is 5.26 Å². The Morgan fingerprint density at radius 3 is 2.44 bits per heavy atom. The van der Waals surface area contributed by atoms with Crippen LogP contribution in [0.3, 0.4) is 0 Å². The van der Waals surface area contributed by atoms with Gasteiger partial charge in [-0.1, -0.05) is 0 Å². The molecule has 0 aliphatic heterocycles. The second-order valence-electron chi connectivity index (χ2n) is 4.33. The van der Waals surface area contributed by atoms with E-state index in [9.17, 15) is 4.79 Å². The molecule has 4 nitrogen and oxygen atoms in total. The Morgan fingerprint density at radius 2 is 2.00 bits per heavy atom. The van der Waals surface area contributed by atoms with Crippen molar-refractivity contribution in [2.24, 2.45) is 0 Å². The standard InChI is InChI=1S/C14H19N3O/c1-11(2)17(10-4-9-15)14(18)12-5-7-13(16-3)8-6-12/h5-8,11,16H,4,10H2,1-3H3. The summed E-state index contributed by atoms with van der Waals surface area (Å²) in [6, 6.07) is 9.51. The quantitative estimate of drug-likeness (QED) is 0.867. The van der Waals surface area contributed by atoms with Crippen molar-refractivity contribution in [2.45, 2.75) is 26.3 Å². The number of hydrogen-bond donors (Lipinski definition) is 1. The minimum Gasteiger partial charge on any atom is -0.388 e. The molecule has 4 heteroatoms. The molecule has 1 aromatic rings. The van der Waals surface area contributed by atoms with Gasteiger partial charge in [0.05, 0.1) is 12.5 Å². The number of rotatable bonds is 5. The van der Waals surface area contributed by atoms with Crippen LogP contribution in [0.4, 0.5) is 5.69 Å². The van der Waals surface area contributed by atoms with Gasteiger partial charge in [0.2, 0.25) is 0 Å². The first-order valence-corrected chi connectivity index (χ1v) is 6.06. The third-order valence-corrected chi connectivity index (χ3v) is 2.77. The number of benzene rings is 1. The first kappa shape index (κ1) is 14.0. The van der Waals surface area contributed by atoms with E-state index in [2.05, 4.69) is 11.4 Å². The Bertz CT molecular complexity index is 431. The molecule has 0 heterocycles. The monoisotopic (exact) mass is 245 g/mol. The molecular weight excluding hydrogens is 226 g/mol. The fourth-order valence-electron chi connectivity index (χ4n) is 1.71. The van der Waals surface area contributed by atoms with Crippen molar-refractivity contribution in [1.82, 2.24) is 4.90 Å². The molecule has 0 spiro atoms. The number of carbonyl (C=O) groups excluding carboxylic acids is 1. The lowest BCUT2D eigenvalue weighted by Gasteiger charge is -2.26. The summed E-state index contributed by atoms with van der Waals surface area (Å²) in [4.78, 5) is 14.0. The molecule has 18 heavy (non-hydrogen) atoms. The molecular formula is C14H19N3O. The topological polar surface area (TPSA) is 56.1 Å². The van der Waals surface area contributed by atoms with Gasteiger partial charge in [-0.25, -0.2) is 0 Å². The maximum absolute atomic E-state index is 12.3. The Kier molecular flexibility index (Phi) is 5.19. The van der Waals surface area contributed by atoms with Crippen LogP contribution in [0.15, 0.2) is 24.3 Å². The lowest BCUT2D eigenvalue weighted by molar-refractivity contribution is 0.0710. The van der Waals surface area contributed by atoms with Crippen molar-refractivity contribution in [3.8, 4) is 6.07 Å². The fourth-order valence-corrected chi connectivity index (χ4v) is 1.71. The average Bonchev–Trinajstić information content (AvgIpc) is 2.38. The lowest BCUT2D eigenvalue weighted by atomic mass is 10.1. The van der Waals surface area contributed by atoms with Crippen molar-refractivity contribution >= 4 is 11.6 Å². The molecule has 1 rings (SSSR count). The van der Waals surface area contributed by atoms with Crippen LogP contribution >= 0.6 is 0 Å². The molecule has 0 bridgehead atoms. The molecule has 0 saturated heterocycles. The van der Waals surface area contributed by atoms with Crippen LogP contribution < -0.4 is 5.32 Å². The normalized spacial score (nSPS) is 9.94. The first-order chi connectivity index (χ1) is 8.60. The molecule has 96 valence electrons. The summed E-state index contributed by atoms with van der Waals surface area (Å²) in [5, 5.41) is 11.6. The second-order valence-corrected chi connectivity index (χ2v) is 4.33. The van der Waals surface area contributed by atoms with Crippen LogP contribution in [0, 0.1) is 11.3 Å². The zero-order chi connectivity index (χ0) is 13.5. The van der Waals surface area contributed by atoms with E-state index in [0.717, 1.165) is 5.69 Å². The van der Waals surface area contributed by atoms with E-state index in [1.807, 2.05) is 33.0 Å². The van der Waals surface area contributed by atoms with Gasteiger partial charge < -0.3 is 10.2 Å². The van der Waals surface area contributed by atoms with Gasteiger partial charge in [-0.05, 0) is 38.1 Å². The molecule has 0 aliphatic rings. The maximum atomic E-state index is 12.3. The summed E-state index contributed by atoms with van der Waals surface area (Å²) in [6.07, 6.45) is 0.360. The van der Waals surface area contributed by atoms with E-state index in [1.165, 1.54) is 0 Å². The largest absolute Gasteiger partial charge is 0.388 e. The van der Waals surface area contributed by atoms with Gasteiger partial charge >= 0.3 is 0 Å². The molecule has 1 aromatic carbocycles. The van der Waals surface area contributed by atoms with Crippen LogP contribution in [-0.2, 0) is 0 Å². The Balaban J connectivity index is 2.84. The lowest BCUT2D eigenvalue weighted by Crippen LogP contribution is -2.37. The van der Waals surface area contributed by atoms with Crippen molar-refractivity contribution in [3.05, 3.63) is 29.8 Å². The first-order valence-electron chi connectivity index (χ1n) is 6.06. The maximum Gasteiger partial charge on any atom is 0.254 e. The van der Waals surface area contributed by atoms with E-state index in [1.54, 1.807) is 17.0 Å². The number of anilines is 1. The van der Waals surface area contributed by atoms with Gasteiger partial charge in [0, 0.05) is 30.9 Å². The smallest absolute Gasteiger partial charge is 0.254 e. The molecule has 0 saturated carbocycles. The minimum absolute atomic E-state index is 0.0251. The van der Waals surface area contributed by atoms with Gasteiger partial charge in [-0.3, -0.25) is 4.79 Å². The molecule has 1 N–H and O–H groups in total. The van der Waals surface area contributed by atoms with Crippen molar-refractivity contribution in [1.29, 1.82) is 5.26 Å². The molecule has 0 aliphatic carbocycles. The number of hydrogen-bond acceptors (Lipinski definition) is 3. The Hall–Kier alpha value is -2.02. The van der Waals surface area contributed by atoms with Crippen LogP contribution in [0.25, 0.3) is 0 Å². The minimum atomic E-state index is -0.0251. The van der Waals surface area contributed by atoms with E-state index in [0.29, 0.717) is 18.5 Å². The average molecular weight is 245 g/mol. The van der Waals surface area contributed by atoms with E-state index >= 15 is 0 Å². The molecule has 0 aromatic heterocycles. The van der Waals surface area contributed by atoms with E-state index < -0.39 is 0 Å². The zero-order valence-corrected chi connectivity index (χ0v) is 11.1. The predicted molar refractivity (Wildman–Crippen MR) is 72.4 cm³/mol. The van der Waals surface area contributed by atoms with E-state index in [4.69, 9.17) is 5.26 Å². The molecule has 0 radical (unpaired) electrons. The second kappa shape index (κ2) is 6.65. The van der Waals surface area contributed by atoms with Crippen LogP contribution in [0.1, 0.15) is 30.6 Å². The number of carbonyl (C=O) groups is 1. The van der Waals surface area contributed by atoms with Crippen LogP contribution in [-0.4, -0.2) is 30.4 Å². The summed E-state index contributed by atoms with van der Waals surface area (Å²) in [6.45, 7) is 4.38. The molecule has 0 unspecified atom stereocenters. The highest BCUT2D eigenvalue weighted by Crippen LogP contribution is 2.13. The Morgan fingerprint density at radius 1 is 1.39 bits per heavy atom. The summed E-state index contributed by atoms with van der Waals surface area (Å²) < 4.78 is 0. The van der Waals surface area contributed by atoms with Crippen molar-refractivity contribution < 1.29 is 4.79 Å². The third kappa shape index (κ3) is 3.49. The predicted octanol–water partition coefficient (Wildman–Crippen LogP) is 2.49. The zero-order valence-electron chi connectivity index (χ0n) is 11.1. The van der Waals surface area contributed by atoms with Gasteiger partial charge in [0.25, 0.3) is 5.91 Å². The van der Waals surface area contributed by atoms with E-state index in [-0.39, 0.29) is 11.9 Å². The van der Waals surface area contributed by atoms with Crippen LogP contribution in [0.2, 0.25) is 0 Å². The number of nitriles is 1. The number of nitrogens with zero attached hydrogens (tertiary/aromatic N) is 2.